The number of unbranched alkanes of at least 4 members (excludes halogenated alkanes) is 2. The Balaban J connectivity index is 2.00. The largest absolute Gasteiger partial charge is 0.314 e. The minimum absolute atomic E-state index is 0.578. The third-order valence-corrected chi connectivity index (χ3v) is 4.36. The van der Waals surface area contributed by atoms with Crippen LogP contribution >= 0.6 is 11.8 Å². The van der Waals surface area contributed by atoms with E-state index in [-0.39, 0.29) is 0 Å². The minimum Gasteiger partial charge on any atom is -0.314 e. The van der Waals surface area contributed by atoms with E-state index in [4.69, 9.17) is 0 Å². The lowest BCUT2D eigenvalue weighted by molar-refractivity contribution is 0.198. The number of hydrogen-bond donors (Lipinski definition) is 1. The Kier molecular flexibility index (Phi) is 6.83. The van der Waals surface area contributed by atoms with E-state index in [1.54, 1.807) is 0 Å². The summed E-state index contributed by atoms with van der Waals surface area (Å²) in [5.41, 5.74) is 0.578. The molecule has 16 heavy (non-hydrogen) atoms. The van der Waals surface area contributed by atoms with Gasteiger partial charge < -0.3 is 5.32 Å². The Morgan fingerprint density at radius 1 is 1.25 bits per heavy atom. The second-order valence-corrected chi connectivity index (χ2v) is 6.95. The van der Waals surface area contributed by atoms with Gasteiger partial charge in [-0.25, -0.2) is 0 Å². The molecule has 1 atom stereocenters. The molecule has 0 heterocycles. The van der Waals surface area contributed by atoms with Gasteiger partial charge in [-0.05, 0) is 56.1 Å². The lowest BCUT2D eigenvalue weighted by Crippen LogP contribution is -2.37. The summed E-state index contributed by atoms with van der Waals surface area (Å²) in [6, 6.07) is 0.796. The zero-order valence-corrected chi connectivity index (χ0v) is 12.2. The highest BCUT2D eigenvalue weighted by Gasteiger charge is 2.27. The van der Waals surface area contributed by atoms with Crippen molar-refractivity contribution in [3.63, 3.8) is 0 Å². The zero-order chi connectivity index (χ0) is 11.9. The van der Waals surface area contributed by atoms with Gasteiger partial charge in [0.25, 0.3) is 0 Å². The second kappa shape index (κ2) is 7.60. The molecule has 1 aliphatic rings. The molecule has 0 amide bonds. The summed E-state index contributed by atoms with van der Waals surface area (Å²) >= 11 is 1.97. The third-order valence-electron chi connectivity index (χ3n) is 3.66. The van der Waals surface area contributed by atoms with E-state index in [9.17, 15) is 0 Å². The number of thioether (sulfide) groups is 1. The maximum Gasteiger partial charge on any atom is 0.00721 e. The van der Waals surface area contributed by atoms with Crippen molar-refractivity contribution in [2.45, 2.75) is 64.8 Å². The topological polar surface area (TPSA) is 12.0 Å². The molecule has 0 aromatic carbocycles. The quantitative estimate of drug-likeness (QED) is 0.676. The minimum atomic E-state index is 0.578. The predicted molar refractivity (Wildman–Crippen MR) is 76.3 cm³/mol. The summed E-state index contributed by atoms with van der Waals surface area (Å²) in [4.78, 5) is 0. The van der Waals surface area contributed by atoms with Crippen molar-refractivity contribution >= 4 is 11.8 Å². The molecule has 1 saturated carbocycles. The van der Waals surface area contributed by atoms with Crippen LogP contribution < -0.4 is 5.32 Å². The Morgan fingerprint density at radius 2 is 2.06 bits per heavy atom. The molecule has 0 aromatic rings. The highest BCUT2D eigenvalue weighted by Crippen LogP contribution is 2.34. The molecule has 0 aliphatic heterocycles. The first-order valence-corrected chi connectivity index (χ1v) is 8.26. The molecule has 96 valence electrons. The zero-order valence-electron chi connectivity index (χ0n) is 11.3. The van der Waals surface area contributed by atoms with Gasteiger partial charge in [-0.1, -0.05) is 26.7 Å². The fourth-order valence-corrected chi connectivity index (χ4v) is 3.22. The van der Waals surface area contributed by atoms with Crippen molar-refractivity contribution in [3.05, 3.63) is 0 Å². The number of rotatable bonds is 7. The highest BCUT2D eigenvalue weighted by atomic mass is 32.2. The molecule has 1 unspecified atom stereocenters. The fourth-order valence-electron chi connectivity index (χ4n) is 2.73. The van der Waals surface area contributed by atoms with Crippen LogP contribution in [0.4, 0.5) is 0 Å². The first-order valence-electron chi connectivity index (χ1n) is 6.86. The van der Waals surface area contributed by atoms with Crippen LogP contribution in [-0.4, -0.2) is 24.6 Å². The molecule has 0 saturated heterocycles. The third kappa shape index (κ3) is 6.15. The summed E-state index contributed by atoms with van der Waals surface area (Å²) in [5, 5.41) is 3.75. The van der Waals surface area contributed by atoms with Crippen LogP contribution in [0.5, 0.6) is 0 Å². The average molecular weight is 243 g/mol. The van der Waals surface area contributed by atoms with E-state index in [0.29, 0.717) is 5.41 Å². The van der Waals surface area contributed by atoms with Crippen LogP contribution in [0.25, 0.3) is 0 Å². The summed E-state index contributed by atoms with van der Waals surface area (Å²) in [6.07, 6.45) is 11.9. The lowest BCUT2D eigenvalue weighted by Gasteiger charge is -2.35. The molecule has 0 aromatic heterocycles. The number of nitrogens with one attached hydrogen (secondary N) is 1. The maximum atomic E-state index is 3.75. The summed E-state index contributed by atoms with van der Waals surface area (Å²) < 4.78 is 0. The normalized spacial score (nSPS) is 24.6. The Hall–Kier alpha value is 0.310. The maximum absolute atomic E-state index is 3.75. The molecule has 0 bridgehead atoms. The van der Waals surface area contributed by atoms with E-state index >= 15 is 0 Å². The molecular formula is C14H29NS. The van der Waals surface area contributed by atoms with Crippen molar-refractivity contribution in [1.82, 2.24) is 5.32 Å². The predicted octanol–water partition coefficient (Wildman–Crippen LogP) is 4.08. The van der Waals surface area contributed by atoms with E-state index in [1.165, 1.54) is 57.2 Å². The van der Waals surface area contributed by atoms with Gasteiger partial charge in [0.2, 0.25) is 0 Å². The molecule has 1 N–H and O–H groups in total. The fraction of sp³-hybridized carbons (Fsp3) is 1.00. The van der Waals surface area contributed by atoms with Crippen LogP contribution in [0.2, 0.25) is 0 Å². The Bertz CT molecular complexity index is 180. The van der Waals surface area contributed by atoms with Crippen LogP contribution in [0, 0.1) is 5.41 Å². The molecule has 0 radical (unpaired) electrons. The highest BCUT2D eigenvalue weighted by molar-refractivity contribution is 7.98. The van der Waals surface area contributed by atoms with Crippen LogP contribution in [-0.2, 0) is 0 Å². The smallest absolute Gasteiger partial charge is 0.00721 e. The van der Waals surface area contributed by atoms with Crippen molar-refractivity contribution in [1.29, 1.82) is 0 Å². The summed E-state index contributed by atoms with van der Waals surface area (Å²) in [6.45, 7) is 6.06. The monoisotopic (exact) mass is 243 g/mol. The first-order chi connectivity index (χ1) is 7.64. The van der Waals surface area contributed by atoms with Gasteiger partial charge in [0.1, 0.15) is 0 Å². The van der Waals surface area contributed by atoms with Crippen LogP contribution in [0.1, 0.15) is 58.8 Å². The van der Waals surface area contributed by atoms with Crippen molar-refractivity contribution < 1.29 is 0 Å². The average Bonchev–Trinajstić information content (AvgIpc) is 2.22. The van der Waals surface area contributed by atoms with Gasteiger partial charge in [0, 0.05) is 6.04 Å². The van der Waals surface area contributed by atoms with E-state index < -0.39 is 0 Å². The number of hydrogen-bond acceptors (Lipinski definition) is 2. The second-order valence-electron chi connectivity index (χ2n) is 5.97. The lowest BCUT2D eigenvalue weighted by atomic mass is 9.75. The van der Waals surface area contributed by atoms with E-state index in [2.05, 4.69) is 25.4 Å². The van der Waals surface area contributed by atoms with Gasteiger partial charge in [0.05, 0.1) is 0 Å². The standard InChI is InChI=1S/C14H29NS/c1-14(2)9-7-8-13(12-14)15-10-5-4-6-11-16-3/h13,15H,4-12H2,1-3H3. The van der Waals surface area contributed by atoms with Crippen molar-refractivity contribution in [2.24, 2.45) is 5.41 Å². The van der Waals surface area contributed by atoms with Crippen LogP contribution in [0.15, 0.2) is 0 Å². The van der Waals surface area contributed by atoms with Gasteiger partial charge in [0.15, 0.2) is 0 Å². The van der Waals surface area contributed by atoms with Crippen LogP contribution in [0.3, 0.4) is 0 Å². The molecule has 1 fully saturated rings. The first kappa shape index (κ1) is 14.4. The van der Waals surface area contributed by atoms with E-state index in [0.717, 1.165) is 6.04 Å². The summed E-state index contributed by atoms with van der Waals surface area (Å²) in [5.74, 6) is 1.33. The Labute approximate surface area is 106 Å². The van der Waals surface area contributed by atoms with Crippen molar-refractivity contribution in [2.75, 3.05) is 18.6 Å². The molecule has 2 heteroatoms. The van der Waals surface area contributed by atoms with Crippen molar-refractivity contribution in [3.8, 4) is 0 Å². The molecule has 1 rings (SSSR count). The summed E-state index contributed by atoms with van der Waals surface area (Å²) in [7, 11) is 0. The van der Waals surface area contributed by atoms with Gasteiger partial charge in [-0.2, -0.15) is 11.8 Å². The molecule has 1 aliphatic carbocycles. The van der Waals surface area contributed by atoms with Gasteiger partial charge in [-0.3, -0.25) is 0 Å². The van der Waals surface area contributed by atoms with Gasteiger partial charge in [-0.15, -0.1) is 0 Å². The Morgan fingerprint density at radius 3 is 2.75 bits per heavy atom. The van der Waals surface area contributed by atoms with E-state index in [1.807, 2.05) is 11.8 Å². The SMILES string of the molecule is CSCCCCCNC1CCCC(C)(C)C1. The molecule has 0 spiro atoms. The molecule has 1 nitrogen and oxygen atoms in total. The molecular weight excluding hydrogens is 214 g/mol. The van der Waals surface area contributed by atoms with Gasteiger partial charge >= 0.3 is 0 Å².